The zero-order valence-electron chi connectivity index (χ0n) is 11.5. The second-order valence-electron chi connectivity index (χ2n) is 4.48. The summed E-state index contributed by atoms with van der Waals surface area (Å²) in [5.41, 5.74) is 3.44. The molecule has 1 aromatic carbocycles. The van der Waals surface area contributed by atoms with Crippen LogP contribution in [0.25, 0.3) is 0 Å². The number of anilines is 3. The topological polar surface area (TPSA) is 49.8 Å². The maximum absolute atomic E-state index is 4.41. The number of benzene rings is 1. The average molecular weight is 321 g/mol. The normalized spacial score (nSPS) is 10.4. The molecule has 0 atom stereocenters. The van der Waals surface area contributed by atoms with E-state index < -0.39 is 0 Å². The number of nitrogens with zero attached hydrogens (tertiary/aromatic N) is 2. The zero-order valence-corrected chi connectivity index (χ0v) is 13.1. The van der Waals surface area contributed by atoms with Gasteiger partial charge in [-0.05, 0) is 44.0 Å². The monoisotopic (exact) mass is 320 g/mol. The molecule has 0 unspecified atom stereocenters. The summed E-state index contributed by atoms with van der Waals surface area (Å²) < 4.78 is 1.09. The molecule has 5 heteroatoms. The number of hydrogen-bond donors (Lipinski definition) is 2. The van der Waals surface area contributed by atoms with E-state index in [4.69, 9.17) is 0 Å². The Morgan fingerprint density at radius 1 is 0.947 bits per heavy atom. The lowest BCUT2D eigenvalue weighted by atomic mass is 10.1. The van der Waals surface area contributed by atoms with Crippen molar-refractivity contribution >= 4 is 33.3 Å². The summed E-state index contributed by atoms with van der Waals surface area (Å²) in [7, 11) is 1.85. The molecule has 1 aromatic heterocycles. The highest BCUT2D eigenvalue weighted by atomic mass is 79.9. The Bertz CT molecular complexity index is 587. The predicted molar refractivity (Wildman–Crippen MR) is 83.2 cm³/mol. The van der Waals surface area contributed by atoms with E-state index in [1.807, 2.05) is 20.0 Å². The van der Waals surface area contributed by atoms with Crippen molar-refractivity contribution in [3.8, 4) is 0 Å². The fraction of sp³-hybridized carbons (Fsp3) is 0.286. The molecule has 0 saturated heterocycles. The summed E-state index contributed by atoms with van der Waals surface area (Å²) in [6.07, 6.45) is 0. The largest absolute Gasteiger partial charge is 0.373 e. The standard InChI is InChI=1S/C14H17BrN4/c1-8-5-11(15)6-9(2)14(8)19-13-7-12(16-4)17-10(3)18-13/h5-7H,1-4H3,(H2,16,17,18,19). The molecule has 4 nitrogen and oxygen atoms in total. The molecule has 100 valence electrons. The minimum absolute atomic E-state index is 0.738. The van der Waals surface area contributed by atoms with Crippen molar-refractivity contribution in [3.63, 3.8) is 0 Å². The first-order valence-electron chi connectivity index (χ1n) is 6.07. The van der Waals surface area contributed by atoms with E-state index in [9.17, 15) is 0 Å². The lowest BCUT2D eigenvalue weighted by Crippen LogP contribution is -2.03. The van der Waals surface area contributed by atoms with Crippen LogP contribution in [0, 0.1) is 20.8 Å². The molecule has 0 spiro atoms. The molecule has 2 aromatic rings. The van der Waals surface area contributed by atoms with Gasteiger partial charge in [0.25, 0.3) is 0 Å². The number of hydrogen-bond acceptors (Lipinski definition) is 4. The summed E-state index contributed by atoms with van der Waals surface area (Å²) in [4.78, 5) is 8.69. The number of rotatable bonds is 3. The molecule has 0 bridgehead atoms. The van der Waals surface area contributed by atoms with Crippen LogP contribution in [0.2, 0.25) is 0 Å². The molecule has 0 aliphatic heterocycles. The fourth-order valence-electron chi connectivity index (χ4n) is 2.00. The van der Waals surface area contributed by atoms with Crippen LogP contribution in [-0.2, 0) is 0 Å². The van der Waals surface area contributed by atoms with Gasteiger partial charge >= 0.3 is 0 Å². The zero-order chi connectivity index (χ0) is 14.0. The molecule has 0 saturated carbocycles. The smallest absolute Gasteiger partial charge is 0.136 e. The predicted octanol–water partition coefficient (Wildman–Crippen LogP) is 3.95. The van der Waals surface area contributed by atoms with E-state index in [1.165, 1.54) is 11.1 Å². The second-order valence-corrected chi connectivity index (χ2v) is 5.39. The van der Waals surface area contributed by atoms with Crippen molar-refractivity contribution in [1.82, 2.24) is 9.97 Å². The number of halogens is 1. The van der Waals surface area contributed by atoms with Gasteiger partial charge in [-0.3, -0.25) is 0 Å². The van der Waals surface area contributed by atoms with Crippen LogP contribution in [0.1, 0.15) is 17.0 Å². The Hall–Kier alpha value is -1.62. The van der Waals surface area contributed by atoms with Gasteiger partial charge in [0.2, 0.25) is 0 Å². The Balaban J connectivity index is 2.39. The summed E-state index contributed by atoms with van der Waals surface area (Å²) in [6.45, 7) is 6.04. The fourth-order valence-corrected chi connectivity index (χ4v) is 2.68. The molecule has 2 rings (SSSR count). The first kappa shape index (κ1) is 13.8. The average Bonchev–Trinajstić information content (AvgIpc) is 2.33. The second kappa shape index (κ2) is 5.57. The molecular formula is C14H17BrN4. The van der Waals surface area contributed by atoms with Crippen LogP contribution in [0.5, 0.6) is 0 Å². The van der Waals surface area contributed by atoms with E-state index in [0.717, 1.165) is 27.6 Å². The van der Waals surface area contributed by atoms with Crippen LogP contribution in [0.3, 0.4) is 0 Å². The summed E-state index contributed by atoms with van der Waals surface area (Å²) >= 11 is 3.50. The van der Waals surface area contributed by atoms with Gasteiger partial charge in [-0.25, -0.2) is 9.97 Å². The number of nitrogens with one attached hydrogen (secondary N) is 2. The molecule has 0 amide bonds. The van der Waals surface area contributed by atoms with Gasteiger partial charge in [-0.15, -0.1) is 0 Å². The molecule has 0 aliphatic carbocycles. The summed E-state index contributed by atoms with van der Waals surface area (Å²) in [6, 6.07) is 6.07. The highest BCUT2D eigenvalue weighted by Gasteiger charge is 2.07. The maximum atomic E-state index is 4.41. The Kier molecular flexibility index (Phi) is 4.04. The van der Waals surface area contributed by atoms with Gasteiger partial charge < -0.3 is 10.6 Å². The Morgan fingerprint density at radius 3 is 2.11 bits per heavy atom. The molecule has 1 heterocycles. The summed E-state index contributed by atoms with van der Waals surface area (Å²) in [5, 5.41) is 6.40. The van der Waals surface area contributed by atoms with Crippen LogP contribution in [0.4, 0.5) is 17.3 Å². The minimum Gasteiger partial charge on any atom is -0.373 e. The van der Waals surface area contributed by atoms with Gasteiger partial charge in [0.1, 0.15) is 17.5 Å². The van der Waals surface area contributed by atoms with Gasteiger partial charge in [0, 0.05) is 23.3 Å². The van der Waals surface area contributed by atoms with E-state index in [-0.39, 0.29) is 0 Å². The van der Waals surface area contributed by atoms with Crippen molar-refractivity contribution < 1.29 is 0 Å². The highest BCUT2D eigenvalue weighted by molar-refractivity contribution is 9.10. The van der Waals surface area contributed by atoms with Gasteiger partial charge in [-0.2, -0.15) is 0 Å². The third kappa shape index (κ3) is 3.23. The lowest BCUT2D eigenvalue weighted by Gasteiger charge is -2.14. The van der Waals surface area contributed by atoms with Crippen molar-refractivity contribution in [3.05, 3.63) is 39.6 Å². The van der Waals surface area contributed by atoms with Gasteiger partial charge in [0.05, 0.1) is 0 Å². The Labute approximate surface area is 121 Å². The maximum Gasteiger partial charge on any atom is 0.136 e. The van der Waals surface area contributed by atoms with Crippen molar-refractivity contribution in [2.75, 3.05) is 17.7 Å². The molecule has 19 heavy (non-hydrogen) atoms. The Morgan fingerprint density at radius 2 is 1.53 bits per heavy atom. The first-order chi connectivity index (χ1) is 8.99. The van der Waals surface area contributed by atoms with Crippen molar-refractivity contribution in [2.45, 2.75) is 20.8 Å². The first-order valence-corrected chi connectivity index (χ1v) is 6.86. The van der Waals surface area contributed by atoms with Gasteiger partial charge in [-0.1, -0.05) is 15.9 Å². The quantitative estimate of drug-likeness (QED) is 0.899. The molecule has 0 fully saturated rings. The van der Waals surface area contributed by atoms with E-state index in [1.54, 1.807) is 0 Å². The van der Waals surface area contributed by atoms with E-state index in [0.29, 0.717) is 0 Å². The van der Waals surface area contributed by atoms with Crippen LogP contribution >= 0.6 is 15.9 Å². The molecule has 2 N–H and O–H groups in total. The SMILES string of the molecule is CNc1cc(Nc2c(C)cc(Br)cc2C)nc(C)n1. The van der Waals surface area contributed by atoms with Crippen LogP contribution in [-0.4, -0.2) is 17.0 Å². The molecule has 0 aliphatic rings. The highest BCUT2D eigenvalue weighted by Crippen LogP contribution is 2.28. The molecular weight excluding hydrogens is 304 g/mol. The van der Waals surface area contributed by atoms with Crippen LogP contribution < -0.4 is 10.6 Å². The van der Waals surface area contributed by atoms with Crippen molar-refractivity contribution in [1.29, 1.82) is 0 Å². The number of aromatic nitrogens is 2. The minimum atomic E-state index is 0.738. The van der Waals surface area contributed by atoms with E-state index in [2.05, 4.69) is 62.5 Å². The third-order valence-corrected chi connectivity index (χ3v) is 3.30. The lowest BCUT2D eigenvalue weighted by molar-refractivity contribution is 1.05. The molecule has 0 radical (unpaired) electrons. The van der Waals surface area contributed by atoms with Crippen LogP contribution in [0.15, 0.2) is 22.7 Å². The summed E-state index contributed by atoms with van der Waals surface area (Å²) in [5.74, 6) is 2.34. The number of aryl methyl sites for hydroxylation is 3. The third-order valence-electron chi connectivity index (χ3n) is 2.84. The van der Waals surface area contributed by atoms with Crippen molar-refractivity contribution in [2.24, 2.45) is 0 Å². The van der Waals surface area contributed by atoms with E-state index >= 15 is 0 Å². The van der Waals surface area contributed by atoms with Gasteiger partial charge in [0.15, 0.2) is 0 Å².